The van der Waals surface area contributed by atoms with Crippen LogP contribution in [0.3, 0.4) is 0 Å². The molecule has 0 bridgehead atoms. The molecule has 18 heavy (non-hydrogen) atoms. The molecular formula is C15H18N2O. The van der Waals surface area contributed by atoms with E-state index in [1.54, 1.807) is 0 Å². The molecular weight excluding hydrogens is 224 g/mol. The van der Waals surface area contributed by atoms with E-state index in [9.17, 15) is 4.79 Å². The summed E-state index contributed by atoms with van der Waals surface area (Å²) in [6.07, 6.45) is 6.08. The van der Waals surface area contributed by atoms with Gasteiger partial charge in [0, 0.05) is 30.1 Å². The maximum atomic E-state index is 11.3. The van der Waals surface area contributed by atoms with Gasteiger partial charge in [-0.25, -0.2) is 0 Å². The van der Waals surface area contributed by atoms with E-state index in [-0.39, 0.29) is 5.91 Å². The van der Waals surface area contributed by atoms with Crippen molar-refractivity contribution >= 4 is 16.8 Å². The van der Waals surface area contributed by atoms with Crippen LogP contribution in [-0.4, -0.2) is 17.4 Å². The average Bonchev–Trinajstić information content (AvgIpc) is 2.80. The van der Waals surface area contributed by atoms with Crippen LogP contribution in [-0.2, 0) is 11.2 Å². The zero-order valence-electron chi connectivity index (χ0n) is 10.4. The van der Waals surface area contributed by atoms with E-state index in [1.165, 1.54) is 16.5 Å². The Bertz CT molecular complexity index is 558. The normalized spacial score (nSPS) is 20.0. The third-order valence-electron chi connectivity index (χ3n) is 3.85. The first-order valence-corrected chi connectivity index (χ1v) is 6.64. The number of rotatable bonds is 3. The second-order valence-corrected chi connectivity index (χ2v) is 5.11. The number of hydrogen-bond acceptors (Lipinski definition) is 1. The summed E-state index contributed by atoms with van der Waals surface area (Å²) >= 11 is 0. The van der Waals surface area contributed by atoms with Gasteiger partial charge in [-0.2, -0.15) is 0 Å². The summed E-state index contributed by atoms with van der Waals surface area (Å²) in [6, 6.07) is 8.39. The van der Waals surface area contributed by atoms with Gasteiger partial charge in [0.2, 0.25) is 5.91 Å². The lowest BCUT2D eigenvalue weighted by molar-refractivity contribution is -0.123. The van der Waals surface area contributed by atoms with Crippen LogP contribution in [0.15, 0.2) is 30.5 Å². The molecule has 3 nitrogen and oxygen atoms in total. The van der Waals surface area contributed by atoms with E-state index >= 15 is 0 Å². The maximum Gasteiger partial charge on any atom is 0.220 e. The third kappa shape index (κ3) is 2.26. The highest BCUT2D eigenvalue weighted by Gasteiger charge is 2.18. The Hall–Kier alpha value is -1.77. The van der Waals surface area contributed by atoms with Crippen molar-refractivity contribution in [3.63, 3.8) is 0 Å². The van der Waals surface area contributed by atoms with Gasteiger partial charge in [-0.15, -0.1) is 0 Å². The van der Waals surface area contributed by atoms with Gasteiger partial charge >= 0.3 is 0 Å². The molecule has 0 radical (unpaired) electrons. The van der Waals surface area contributed by atoms with Crippen molar-refractivity contribution in [3.8, 4) is 0 Å². The van der Waals surface area contributed by atoms with Crippen molar-refractivity contribution in [3.05, 3.63) is 36.0 Å². The number of benzene rings is 1. The largest absolute Gasteiger partial charge is 0.361 e. The molecule has 1 aromatic heterocycles. The zero-order chi connectivity index (χ0) is 12.4. The van der Waals surface area contributed by atoms with Crippen molar-refractivity contribution in [2.24, 2.45) is 5.92 Å². The minimum absolute atomic E-state index is 0.213. The van der Waals surface area contributed by atoms with Gasteiger partial charge in [0.25, 0.3) is 0 Å². The number of fused-ring (bicyclic) bond motifs is 1. The number of carbonyl (C=O) groups excluding carboxylic acids is 1. The highest BCUT2D eigenvalue weighted by Crippen LogP contribution is 2.23. The Labute approximate surface area is 107 Å². The molecule has 2 N–H and O–H groups in total. The van der Waals surface area contributed by atoms with Gasteiger partial charge in [0.15, 0.2) is 0 Å². The Morgan fingerprint density at radius 1 is 1.28 bits per heavy atom. The molecule has 0 saturated carbocycles. The highest BCUT2D eigenvalue weighted by atomic mass is 16.1. The smallest absolute Gasteiger partial charge is 0.220 e. The van der Waals surface area contributed by atoms with Gasteiger partial charge in [-0.3, -0.25) is 4.79 Å². The lowest BCUT2D eigenvalue weighted by Crippen LogP contribution is -2.33. The molecule has 1 aliphatic heterocycles. The number of para-hydroxylation sites is 1. The summed E-state index contributed by atoms with van der Waals surface area (Å²) in [5.74, 6) is 0.762. The number of hydrogen-bond donors (Lipinski definition) is 2. The molecule has 3 rings (SSSR count). The monoisotopic (exact) mass is 242 g/mol. The van der Waals surface area contributed by atoms with E-state index in [4.69, 9.17) is 0 Å². The van der Waals surface area contributed by atoms with Gasteiger partial charge in [0.05, 0.1) is 0 Å². The standard InChI is InChI=1S/C15H18N2O/c18-15-9-11(7-8-16-15)5-6-12-10-17-14-4-2-1-3-13(12)14/h1-4,10-11,17H,5-9H2,(H,16,18). The minimum atomic E-state index is 0.213. The average molecular weight is 242 g/mol. The van der Waals surface area contributed by atoms with Crippen LogP contribution >= 0.6 is 0 Å². The minimum Gasteiger partial charge on any atom is -0.361 e. The van der Waals surface area contributed by atoms with E-state index in [1.807, 2.05) is 6.07 Å². The first kappa shape index (κ1) is 11.3. The quantitative estimate of drug-likeness (QED) is 0.853. The van der Waals surface area contributed by atoms with E-state index in [2.05, 4.69) is 34.7 Å². The van der Waals surface area contributed by atoms with Crippen LogP contribution in [0, 0.1) is 5.92 Å². The number of aryl methyl sites for hydroxylation is 1. The molecule has 1 amide bonds. The van der Waals surface area contributed by atoms with Gasteiger partial charge < -0.3 is 10.3 Å². The predicted octanol–water partition coefficient (Wildman–Crippen LogP) is 2.63. The molecule has 0 spiro atoms. The summed E-state index contributed by atoms with van der Waals surface area (Å²) in [4.78, 5) is 14.6. The van der Waals surface area contributed by atoms with Crippen LogP contribution in [0.1, 0.15) is 24.8 Å². The van der Waals surface area contributed by atoms with E-state index < -0.39 is 0 Å². The van der Waals surface area contributed by atoms with E-state index in [0.29, 0.717) is 12.3 Å². The molecule has 1 saturated heterocycles. The molecule has 1 atom stereocenters. The molecule has 2 heterocycles. The van der Waals surface area contributed by atoms with Gasteiger partial charge in [-0.1, -0.05) is 18.2 Å². The van der Waals surface area contributed by atoms with Crippen molar-refractivity contribution in [2.45, 2.75) is 25.7 Å². The molecule has 1 unspecified atom stereocenters. The van der Waals surface area contributed by atoms with Gasteiger partial charge in [0.1, 0.15) is 0 Å². The second-order valence-electron chi connectivity index (χ2n) is 5.11. The first-order chi connectivity index (χ1) is 8.83. The van der Waals surface area contributed by atoms with Crippen molar-refractivity contribution in [1.29, 1.82) is 0 Å². The fourth-order valence-electron chi connectivity index (χ4n) is 2.80. The number of aromatic nitrogens is 1. The first-order valence-electron chi connectivity index (χ1n) is 6.64. The molecule has 1 fully saturated rings. The third-order valence-corrected chi connectivity index (χ3v) is 3.85. The fraction of sp³-hybridized carbons (Fsp3) is 0.400. The number of carbonyl (C=O) groups is 1. The molecule has 2 aromatic rings. The molecule has 0 aliphatic carbocycles. The summed E-state index contributed by atoms with van der Waals surface area (Å²) in [5, 5.41) is 4.21. The van der Waals surface area contributed by atoms with Crippen LogP contribution in [0.25, 0.3) is 10.9 Å². The predicted molar refractivity (Wildman–Crippen MR) is 72.4 cm³/mol. The Kier molecular flexibility index (Phi) is 3.05. The Morgan fingerprint density at radius 3 is 3.06 bits per heavy atom. The van der Waals surface area contributed by atoms with Crippen molar-refractivity contribution in [1.82, 2.24) is 10.3 Å². The van der Waals surface area contributed by atoms with Crippen LogP contribution in [0.2, 0.25) is 0 Å². The summed E-state index contributed by atoms with van der Waals surface area (Å²) in [5.41, 5.74) is 2.57. The van der Waals surface area contributed by atoms with Crippen LogP contribution < -0.4 is 5.32 Å². The van der Waals surface area contributed by atoms with Crippen LogP contribution in [0.4, 0.5) is 0 Å². The van der Waals surface area contributed by atoms with Crippen molar-refractivity contribution in [2.75, 3.05) is 6.54 Å². The topological polar surface area (TPSA) is 44.9 Å². The number of H-pyrrole nitrogens is 1. The SMILES string of the molecule is O=C1CC(CCc2c[nH]c3ccccc23)CCN1. The highest BCUT2D eigenvalue weighted by molar-refractivity contribution is 5.83. The lowest BCUT2D eigenvalue weighted by atomic mass is 9.91. The molecule has 1 aliphatic rings. The second kappa shape index (κ2) is 4.84. The lowest BCUT2D eigenvalue weighted by Gasteiger charge is -2.21. The molecule has 1 aromatic carbocycles. The Balaban J connectivity index is 1.67. The summed E-state index contributed by atoms with van der Waals surface area (Å²) < 4.78 is 0. The maximum absolute atomic E-state index is 11.3. The number of piperidine rings is 1. The number of nitrogens with one attached hydrogen (secondary N) is 2. The van der Waals surface area contributed by atoms with E-state index in [0.717, 1.165) is 25.8 Å². The van der Waals surface area contributed by atoms with Gasteiger partial charge in [-0.05, 0) is 36.8 Å². The number of amides is 1. The summed E-state index contributed by atoms with van der Waals surface area (Å²) in [7, 11) is 0. The molecule has 3 heteroatoms. The number of aromatic amines is 1. The Morgan fingerprint density at radius 2 is 2.17 bits per heavy atom. The molecule has 94 valence electrons. The summed E-state index contributed by atoms with van der Waals surface area (Å²) in [6.45, 7) is 0.845. The zero-order valence-corrected chi connectivity index (χ0v) is 10.4. The van der Waals surface area contributed by atoms with Crippen LogP contribution in [0.5, 0.6) is 0 Å². The fourth-order valence-corrected chi connectivity index (χ4v) is 2.80. The van der Waals surface area contributed by atoms with Crippen molar-refractivity contribution < 1.29 is 4.79 Å².